The number of hydrogen-bond donors (Lipinski definition) is 1. The van der Waals surface area contributed by atoms with Gasteiger partial charge in [0.2, 0.25) is 0 Å². The summed E-state index contributed by atoms with van der Waals surface area (Å²) in [7, 11) is 0. The van der Waals surface area contributed by atoms with Gasteiger partial charge in [0.05, 0.1) is 29.8 Å². The van der Waals surface area contributed by atoms with Crippen LogP contribution in [0.1, 0.15) is 41.6 Å². The third-order valence-corrected chi connectivity index (χ3v) is 8.03. The highest BCUT2D eigenvalue weighted by Crippen LogP contribution is 2.37. The van der Waals surface area contributed by atoms with Gasteiger partial charge in [0, 0.05) is 43.5 Å². The number of carbonyl (C=O) groups excluding carboxylic acids is 2. The van der Waals surface area contributed by atoms with E-state index in [1.54, 1.807) is 32.6 Å². The number of amides is 3. The molecular formula is C24H33N5O3S2. The van der Waals surface area contributed by atoms with Crippen LogP contribution in [-0.4, -0.2) is 84.4 Å². The zero-order chi connectivity index (χ0) is 24.1. The molecule has 184 valence electrons. The summed E-state index contributed by atoms with van der Waals surface area (Å²) in [5, 5.41) is 13.4. The summed E-state index contributed by atoms with van der Waals surface area (Å²) in [5.74, 6) is -0.162. The van der Waals surface area contributed by atoms with Gasteiger partial charge in [-0.05, 0) is 49.2 Å². The van der Waals surface area contributed by atoms with Crippen molar-refractivity contribution in [1.82, 2.24) is 20.1 Å². The second-order valence-electron chi connectivity index (χ2n) is 8.93. The summed E-state index contributed by atoms with van der Waals surface area (Å²) in [6.45, 7) is 10.2. The van der Waals surface area contributed by atoms with Crippen LogP contribution in [-0.2, 0) is 9.53 Å². The zero-order valence-corrected chi connectivity index (χ0v) is 21.7. The van der Waals surface area contributed by atoms with Crippen LogP contribution in [0.2, 0.25) is 0 Å². The molecule has 1 N–H and O–H groups in total. The minimum atomic E-state index is -0.220. The molecule has 2 aliphatic rings. The van der Waals surface area contributed by atoms with Gasteiger partial charge in [-0.1, -0.05) is 6.07 Å². The molecule has 0 unspecified atom stereocenters. The molecule has 1 fully saturated rings. The summed E-state index contributed by atoms with van der Waals surface area (Å²) < 4.78 is 5.43. The number of ether oxygens (including phenoxy) is 1. The van der Waals surface area contributed by atoms with Crippen molar-refractivity contribution in [1.29, 1.82) is 0 Å². The molecule has 3 amide bonds. The summed E-state index contributed by atoms with van der Waals surface area (Å²) in [6, 6.07) is 5.75. The van der Waals surface area contributed by atoms with Crippen LogP contribution in [0.15, 0.2) is 34.1 Å². The van der Waals surface area contributed by atoms with Crippen LogP contribution in [0.4, 0.5) is 4.79 Å². The van der Waals surface area contributed by atoms with Crippen LogP contribution in [0.5, 0.6) is 0 Å². The molecule has 0 radical (unpaired) electrons. The Morgan fingerprint density at radius 3 is 2.68 bits per heavy atom. The van der Waals surface area contributed by atoms with E-state index in [9.17, 15) is 9.59 Å². The maximum atomic E-state index is 13.6. The highest BCUT2D eigenvalue weighted by atomic mass is 32.1. The Labute approximate surface area is 209 Å². The van der Waals surface area contributed by atoms with Crippen molar-refractivity contribution in [3.8, 4) is 0 Å². The number of morpholine rings is 1. The van der Waals surface area contributed by atoms with Crippen molar-refractivity contribution in [2.45, 2.75) is 39.3 Å². The molecule has 2 aromatic rings. The molecule has 10 heteroatoms. The van der Waals surface area contributed by atoms with Crippen molar-refractivity contribution < 1.29 is 14.3 Å². The molecular weight excluding hydrogens is 470 g/mol. The van der Waals surface area contributed by atoms with Gasteiger partial charge in [0.15, 0.2) is 0 Å². The van der Waals surface area contributed by atoms with Gasteiger partial charge in [-0.25, -0.2) is 9.80 Å². The van der Waals surface area contributed by atoms with E-state index in [0.29, 0.717) is 32.7 Å². The minimum absolute atomic E-state index is 0.00889. The fourth-order valence-corrected chi connectivity index (χ4v) is 5.91. The summed E-state index contributed by atoms with van der Waals surface area (Å²) in [6.07, 6.45) is 0.680. The fourth-order valence-electron chi connectivity index (χ4n) is 4.18. The van der Waals surface area contributed by atoms with Gasteiger partial charge in [0.25, 0.3) is 5.91 Å². The first-order valence-electron chi connectivity index (χ1n) is 11.8. The Bertz CT molecular complexity index is 998. The van der Waals surface area contributed by atoms with Gasteiger partial charge in [-0.3, -0.25) is 9.69 Å². The van der Waals surface area contributed by atoms with Crippen molar-refractivity contribution in [2.75, 3.05) is 45.9 Å². The molecule has 1 saturated heterocycles. The van der Waals surface area contributed by atoms with Crippen LogP contribution in [0.3, 0.4) is 0 Å². The van der Waals surface area contributed by atoms with E-state index >= 15 is 0 Å². The first-order chi connectivity index (χ1) is 16.4. The van der Waals surface area contributed by atoms with E-state index < -0.39 is 0 Å². The van der Waals surface area contributed by atoms with Crippen LogP contribution < -0.4 is 5.32 Å². The third kappa shape index (κ3) is 6.04. The second-order valence-corrected chi connectivity index (χ2v) is 10.8. The molecule has 0 aromatic carbocycles. The van der Waals surface area contributed by atoms with Gasteiger partial charge < -0.3 is 15.0 Å². The van der Waals surface area contributed by atoms with Gasteiger partial charge in [0.1, 0.15) is 6.54 Å². The Morgan fingerprint density at radius 1 is 1.24 bits per heavy atom. The van der Waals surface area contributed by atoms with Crippen LogP contribution in [0, 0.1) is 6.92 Å². The first-order valence-corrected chi connectivity index (χ1v) is 13.5. The van der Waals surface area contributed by atoms with E-state index in [0.717, 1.165) is 34.1 Å². The Hall–Kier alpha value is -2.27. The average Bonchev–Trinajstić information content (AvgIpc) is 3.56. The molecule has 1 atom stereocenters. The number of rotatable bonds is 8. The average molecular weight is 504 g/mol. The van der Waals surface area contributed by atoms with E-state index in [4.69, 9.17) is 9.84 Å². The fraction of sp³-hybridized carbons (Fsp3) is 0.542. The molecule has 0 saturated carbocycles. The predicted octanol–water partition coefficient (Wildman–Crippen LogP) is 3.55. The molecule has 4 heterocycles. The van der Waals surface area contributed by atoms with E-state index in [1.807, 2.05) is 31.4 Å². The number of hydrogen-bond acceptors (Lipinski definition) is 7. The van der Waals surface area contributed by atoms with Gasteiger partial charge in [-0.15, -0.1) is 22.7 Å². The number of hydrazone groups is 1. The topological polar surface area (TPSA) is 77.5 Å². The lowest BCUT2D eigenvalue weighted by atomic mass is 10.1. The highest BCUT2D eigenvalue weighted by Gasteiger charge is 2.36. The number of nitrogens with one attached hydrogen (secondary N) is 1. The number of thiophene rings is 2. The monoisotopic (exact) mass is 503 g/mol. The third-order valence-electron chi connectivity index (χ3n) is 5.99. The number of carbonyl (C=O) groups is 2. The molecule has 0 aliphatic carbocycles. The second kappa shape index (κ2) is 11.4. The van der Waals surface area contributed by atoms with Crippen LogP contribution >= 0.6 is 22.7 Å². The highest BCUT2D eigenvalue weighted by molar-refractivity contribution is 7.12. The first kappa shape index (κ1) is 24.8. The van der Waals surface area contributed by atoms with Gasteiger partial charge >= 0.3 is 6.03 Å². The summed E-state index contributed by atoms with van der Waals surface area (Å²) in [4.78, 5) is 32.7. The van der Waals surface area contributed by atoms with Crippen LogP contribution in [0.25, 0.3) is 0 Å². The van der Waals surface area contributed by atoms with E-state index in [-0.39, 0.29) is 30.6 Å². The zero-order valence-electron chi connectivity index (χ0n) is 20.0. The Morgan fingerprint density at radius 2 is 2.03 bits per heavy atom. The molecule has 34 heavy (non-hydrogen) atoms. The summed E-state index contributed by atoms with van der Waals surface area (Å²) in [5.41, 5.74) is 2.09. The standard InChI is InChI=1S/C24H33N5O3S2/c1-17(2)25-24(31)28(8-7-27-9-11-32-12-10-27)16-22(30)29-20(23-18(3)6-14-34-23)15-19(26-29)21-5-4-13-33-21/h4-6,13-14,17,20H,7-12,15-16H2,1-3H3,(H,25,31)/t20-/m1/s1. The summed E-state index contributed by atoms with van der Waals surface area (Å²) >= 11 is 3.29. The number of nitrogens with zero attached hydrogens (tertiary/aromatic N) is 4. The lowest BCUT2D eigenvalue weighted by Crippen LogP contribution is -2.50. The molecule has 2 aromatic heterocycles. The van der Waals surface area contributed by atoms with E-state index in [2.05, 4.69) is 28.6 Å². The molecule has 2 aliphatic heterocycles. The van der Waals surface area contributed by atoms with Gasteiger partial charge in [-0.2, -0.15) is 5.10 Å². The normalized spacial score (nSPS) is 18.9. The largest absolute Gasteiger partial charge is 0.379 e. The number of urea groups is 1. The predicted molar refractivity (Wildman–Crippen MR) is 137 cm³/mol. The van der Waals surface area contributed by atoms with E-state index in [1.165, 1.54) is 0 Å². The van der Waals surface area contributed by atoms with Crippen molar-refractivity contribution in [2.24, 2.45) is 5.10 Å². The lowest BCUT2D eigenvalue weighted by Gasteiger charge is -2.31. The van der Waals surface area contributed by atoms with Crippen molar-refractivity contribution in [3.63, 3.8) is 0 Å². The molecule has 0 bridgehead atoms. The Balaban J connectivity index is 1.51. The maximum Gasteiger partial charge on any atom is 0.318 e. The molecule has 0 spiro atoms. The van der Waals surface area contributed by atoms with Crippen molar-refractivity contribution >= 4 is 40.3 Å². The number of aryl methyl sites for hydroxylation is 1. The quantitative estimate of drug-likeness (QED) is 0.598. The smallest absolute Gasteiger partial charge is 0.318 e. The van der Waals surface area contributed by atoms with Crippen molar-refractivity contribution in [3.05, 3.63) is 44.3 Å². The SMILES string of the molecule is Cc1ccsc1[C@H]1CC(c2cccs2)=NN1C(=O)CN(CCN1CCOCC1)C(=O)NC(C)C. The Kier molecular flexibility index (Phi) is 8.36. The maximum absolute atomic E-state index is 13.6. The minimum Gasteiger partial charge on any atom is -0.379 e. The molecule has 4 rings (SSSR count). The molecule has 8 nitrogen and oxygen atoms in total. The lowest BCUT2D eigenvalue weighted by molar-refractivity contribution is -0.133.